The van der Waals surface area contributed by atoms with Crippen LogP contribution in [0.25, 0.3) is 6.08 Å². The molecule has 340 valence electrons. The quantitative estimate of drug-likeness (QED) is 0.0418. The van der Waals surface area contributed by atoms with E-state index in [1.54, 1.807) is 4.90 Å². The maximum atomic E-state index is 14.8. The molecule has 0 spiro atoms. The Kier molecular flexibility index (Phi) is 15.7. The van der Waals surface area contributed by atoms with Gasteiger partial charge in [0.15, 0.2) is 11.5 Å². The number of aliphatic hydroxyl groups is 2. The predicted molar refractivity (Wildman–Crippen MR) is 265 cm³/mol. The van der Waals surface area contributed by atoms with Crippen molar-refractivity contribution in [3.05, 3.63) is 135 Å². The molecule has 0 radical (unpaired) electrons. The van der Waals surface area contributed by atoms with E-state index in [1.165, 1.54) is 12.7 Å². The van der Waals surface area contributed by atoms with Crippen LogP contribution in [0.15, 0.2) is 120 Å². The zero-order valence-electron chi connectivity index (χ0n) is 38.0. The van der Waals surface area contributed by atoms with Gasteiger partial charge in [0.25, 0.3) is 8.32 Å². The number of rotatable bonds is 17. The first kappa shape index (κ1) is 47.8. The highest BCUT2D eigenvalue weighted by Gasteiger charge is 2.57. The molecule has 9 nitrogen and oxygen atoms in total. The fraction of sp³-hybridized carbons (Fsp3) is 0.434. The summed E-state index contributed by atoms with van der Waals surface area (Å²) in [6, 6.07) is 34.7. The van der Waals surface area contributed by atoms with Crippen LogP contribution < -0.4 is 15.1 Å². The molecule has 4 atom stereocenters. The number of piperidine rings is 1. The number of aliphatic hydroxyl groups excluding tert-OH is 2. The molecule has 2 amide bonds. The van der Waals surface area contributed by atoms with Crippen molar-refractivity contribution in [3.63, 3.8) is 0 Å². The van der Waals surface area contributed by atoms with E-state index in [2.05, 4.69) is 122 Å². The highest BCUT2D eigenvalue weighted by molar-refractivity contribution is 14.1. The molecule has 0 saturated carbocycles. The number of halogens is 1. The number of likely N-dealkylation sites (tertiary alicyclic amines) is 2. The first-order chi connectivity index (χ1) is 30.8. The van der Waals surface area contributed by atoms with Gasteiger partial charge in [0.1, 0.15) is 0 Å². The summed E-state index contributed by atoms with van der Waals surface area (Å²) in [5, 5.41) is 36.4. The molecule has 2 fully saturated rings. The number of hydrogen-bond donors (Lipinski definition) is 3. The third-order valence-electron chi connectivity index (χ3n) is 13.8. The fourth-order valence-corrected chi connectivity index (χ4v) is 15.9. The number of carbonyl (C=O) groups excluding carboxylic acids is 2. The van der Waals surface area contributed by atoms with Gasteiger partial charge in [0.2, 0.25) is 11.8 Å². The number of phenolic OH excluding ortho intramolecular Hbond substituents is 1. The molecule has 4 aromatic carbocycles. The molecule has 3 N–H and O–H groups in total. The Bertz CT molecular complexity index is 2250. The zero-order chi connectivity index (χ0) is 45.6. The van der Waals surface area contributed by atoms with Gasteiger partial charge in [-0.05, 0) is 111 Å². The molecule has 64 heavy (non-hydrogen) atoms. The summed E-state index contributed by atoms with van der Waals surface area (Å²) in [7, 11) is -1.52. The lowest BCUT2D eigenvalue weighted by Gasteiger charge is -2.44. The molecule has 2 aliphatic heterocycles. The Morgan fingerprint density at radius 2 is 1.52 bits per heavy atom. The molecule has 3 aliphatic rings. The second-order valence-electron chi connectivity index (χ2n) is 18.8. The van der Waals surface area contributed by atoms with Crippen LogP contribution in [0.3, 0.4) is 0 Å². The molecule has 7 rings (SSSR count). The average Bonchev–Trinajstić information content (AvgIpc) is 3.55. The monoisotopic (exact) mass is 996 g/mol. The lowest BCUT2D eigenvalue weighted by molar-refractivity contribution is -0.144. The minimum absolute atomic E-state index is 0.102. The first-order valence-electron chi connectivity index (χ1n) is 23.0. The van der Waals surface area contributed by atoms with Crippen LogP contribution in [-0.2, 0) is 20.6 Å². The van der Waals surface area contributed by atoms with E-state index < -0.39 is 32.2 Å². The number of hydrogen-bond acceptors (Lipinski definition) is 8. The number of ether oxygens (including phenoxy) is 1. The van der Waals surface area contributed by atoms with E-state index in [0.717, 1.165) is 59.6 Å². The van der Waals surface area contributed by atoms with Gasteiger partial charge < -0.3 is 24.5 Å². The van der Waals surface area contributed by atoms with Crippen molar-refractivity contribution in [2.75, 3.05) is 33.4 Å². The number of methoxy groups -OCH3 is 1. The van der Waals surface area contributed by atoms with Gasteiger partial charge in [-0.3, -0.25) is 19.4 Å². The normalized spacial score (nSPS) is 20.8. The lowest BCUT2D eigenvalue weighted by Crippen LogP contribution is -2.66. The first-order valence-corrected chi connectivity index (χ1v) is 25.9. The van der Waals surface area contributed by atoms with Crippen LogP contribution in [-0.4, -0.2) is 90.8 Å². The summed E-state index contributed by atoms with van der Waals surface area (Å²) < 4.78 is 13.6. The van der Waals surface area contributed by atoms with E-state index in [4.69, 9.17) is 9.16 Å². The molecule has 2 heterocycles. The van der Waals surface area contributed by atoms with Crippen LogP contribution in [0.4, 0.5) is 0 Å². The molecular formula is C53H65IN2O7Si. The minimum atomic E-state index is -3.06. The molecule has 0 bridgehead atoms. The van der Waals surface area contributed by atoms with E-state index in [-0.39, 0.29) is 48.3 Å². The summed E-state index contributed by atoms with van der Waals surface area (Å²) in [6.07, 6.45) is 5.39. The molecular weight excluding hydrogens is 932 g/mol. The second kappa shape index (κ2) is 21.0. The predicted octanol–water partition coefficient (Wildman–Crippen LogP) is 8.48. The van der Waals surface area contributed by atoms with Crippen molar-refractivity contribution < 1.29 is 34.1 Å². The number of nitrogens with zero attached hydrogens (tertiary/aromatic N) is 2. The van der Waals surface area contributed by atoms with Crippen molar-refractivity contribution in [2.24, 2.45) is 17.8 Å². The zero-order valence-corrected chi connectivity index (χ0v) is 41.2. The summed E-state index contributed by atoms with van der Waals surface area (Å²) in [4.78, 5) is 33.4. The van der Waals surface area contributed by atoms with Gasteiger partial charge >= 0.3 is 0 Å². The van der Waals surface area contributed by atoms with Gasteiger partial charge in [-0.2, -0.15) is 0 Å². The van der Waals surface area contributed by atoms with E-state index in [0.29, 0.717) is 40.6 Å². The van der Waals surface area contributed by atoms with Crippen LogP contribution in [0.5, 0.6) is 11.5 Å². The molecule has 11 heteroatoms. The lowest BCUT2D eigenvalue weighted by atomic mass is 9.68. The van der Waals surface area contributed by atoms with Gasteiger partial charge in [-0.25, -0.2) is 0 Å². The summed E-state index contributed by atoms with van der Waals surface area (Å²) in [5.41, 5.74) is 4.70. The molecule has 2 saturated heterocycles. The minimum Gasteiger partial charge on any atom is -0.504 e. The van der Waals surface area contributed by atoms with Crippen molar-refractivity contribution >= 4 is 59.2 Å². The number of phenols is 1. The number of aromatic hydroxyl groups is 1. The van der Waals surface area contributed by atoms with Crippen molar-refractivity contribution in [3.8, 4) is 11.5 Å². The SMILES string of the molecule is CCC/C(=C\c1cc(I)c(O)c(OC)c1)CC[C@@H](O)C1=C(CO[Si](c2ccccc2)(c2ccccc2)C(C)(C)C)C[C@H]2C(=O)N(C3CCN(Cc4ccccc4)CC3)C(=O)[C@H]2[C@H]1CO. The molecule has 1 aliphatic carbocycles. The molecule has 0 aromatic heterocycles. The van der Waals surface area contributed by atoms with E-state index in [9.17, 15) is 24.9 Å². The van der Waals surface area contributed by atoms with Crippen LogP contribution in [0.1, 0.15) is 83.8 Å². The summed E-state index contributed by atoms with van der Waals surface area (Å²) >= 11 is 2.10. The average molecular weight is 997 g/mol. The van der Waals surface area contributed by atoms with Gasteiger partial charge in [0, 0.05) is 31.6 Å². The van der Waals surface area contributed by atoms with Crippen LogP contribution in [0.2, 0.25) is 5.04 Å². The van der Waals surface area contributed by atoms with E-state index >= 15 is 0 Å². The number of imide groups is 1. The number of benzene rings is 4. The molecule has 0 unspecified atom stereocenters. The van der Waals surface area contributed by atoms with Crippen LogP contribution in [0, 0.1) is 21.3 Å². The number of amides is 2. The summed E-state index contributed by atoms with van der Waals surface area (Å²) in [6.45, 7) is 11.0. The summed E-state index contributed by atoms with van der Waals surface area (Å²) in [5.74, 6) is -2.05. The second-order valence-corrected chi connectivity index (χ2v) is 24.3. The Morgan fingerprint density at radius 1 is 0.906 bits per heavy atom. The standard InChI is InChI=1S/C53H65IN2O7Si/c1-6-16-36(29-38-30-45(54)50(59)47(31-38)62-5)23-24-46(58)48-39(35-63-64(53(2,3)4,41-19-12-8-13-20-41)42-21-14-9-15-22-42)32-43-49(44(48)34-57)52(61)56(51(43)60)40-25-27-55(28-26-40)33-37-17-10-7-11-18-37/h7-15,17-22,29-31,40,43-44,46,49,57-59H,6,16,23-28,32-35H2,1-5H3/b36-29+/t43-,44+,46-,49-/m1/s1. The molecule has 4 aromatic rings. The number of carbonyl (C=O) groups is 2. The Hall–Kier alpha value is -4.11. The highest BCUT2D eigenvalue weighted by Crippen LogP contribution is 2.48. The third kappa shape index (κ3) is 10.00. The van der Waals surface area contributed by atoms with Crippen molar-refractivity contribution in [1.29, 1.82) is 0 Å². The van der Waals surface area contributed by atoms with Crippen molar-refractivity contribution in [2.45, 2.75) is 96.4 Å². The Balaban J connectivity index is 1.23. The number of fused-ring (bicyclic) bond motifs is 1. The number of allylic oxidation sites excluding steroid dienone is 1. The topological polar surface area (TPSA) is 120 Å². The van der Waals surface area contributed by atoms with Gasteiger partial charge in [0.05, 0.1) is 41.8 Å². The van der Waals surface area contributed by atoms with Crippen molar-refractivity contribution in [1.82, 2.24) is 9.80 Å². The van der Waals surface area contributed by atoms with E-state index in [1.807, 2.05) is 42.5 Å². The van der Waals surface area contributed by atoms with Gasteiger partial charge in [-0.15, -0.1) is 0 Å². The largest absolute Gasteiger partial charge is 0.504 e. The fourth-order valence-electron chi connectivity index (χ4n) is 10.7. The third-order valence-corrected chi connectivity index (χ3v) is 19.6. The van der Waals surface area contributed by atoms with Crippen LogP contribution >= 0.6 is 22.6 Å². The smallest absolute Gasteiger partial charge is 0.261 e. The highest BCUT2D eigenvalue weighted by atomic mass is 127. The maximum absolute atomic E-state index is 14.8. The maximum Gasteiger partial charge on any atom is 0.261 e. The van der Waals surface area contributed by atoms with Gasteiger partial charge in [-0.1, -0.05) is 137 Å². The Morgan fingerprint density at radius 3 is 2.08 bits per heavy atom. The Labute approximate surface area is 394 Å².